The molecule has 2 amide bonds. The molecule has 5 aromatic rings. The van der Waals surface area contributed by atoms with Crippen molar-refractivity contribution in [3.05, 3.63) is 116 Å². The summed E-state index contributed by atoms with van der Waals surface area (Å²) < 4.78 is 6.11. The molecular weight excluding hydrogens is 500 g/mol. The summed E-state index contributed by atoms with van der Waals surface area (Å²) >= 11 is 1.18. The number of hydrogen-bond donors (Lipinski definition) is 0. The van der Waals surface area contributed by atoms with Crippen molar-refractivity contribution in [2.24, 2.45) is 0 Å². The van der Waals surface area contributed by atoms with Crippen LogP contribution in [0.3, 0.4) is 0 Å². The van der Waals surface area contributed by atoms with Crippen molar-refractivity contribution >= 4 is 44.9 Å². The second kappa shape index (κ2) is 7.93. The molecule has 9 heteroatoms. The number of aryl methyl sites for hydroxylation is 2. The average Bonchev–Trinajstić information content (AvgIpc) is 3.53. The van der Waals surface area contributed by atoms with Crippen LogP contribution < -0.4 is 15.2 Å². The largest absolute Gasteiger partial charge is 0.450 e. The van der Waals surface area contributed by atoms with Crippen molar-refractivity contribution in [2.75, 3.05) is 9.80 Å². The Kier molecular flexibility index (Phi) is 4.71. The molecule has 0 aliphatic carbocycles. The van der Waals surface area contributed by atoms with Crippen LogP contribution in [0.5, 0.6) is 0 Å². The first-order valence-corrected chi connectivity index (χ1v) is 12.9. The molecule has 1 atom stereocenters. The lowest BCUT2D eigenvalue weighted by Crippen LogP contribution is -2.53. The molecule has 0 saturated heterocycles. The highest BCUT2D eigenvalue weighted by atomic mass is 32.1. The number of carbonyl (C=O) groups excluding carboxylic acids is 2. The molecule has 7 rings (SSSR count). The summed E-state index contributed by atoms with van der Waals surface area (Å²) in [6.07, 6.45) is 0. The number of para-hydroxylation sites is 1. The first-order valence-electron chi connectivity index (χ1n) is 12.1. The van der Waals surface area contributed by atoms with E-state index in [4.69, 9.17) is 4.42 Å². The highest BCUT2D eigenvalue weighted by Crippen LogP contribution is 2.54. The Balaban J connectivity index is 1.58. The minimum atomic E-state index is -1.78. The third kappa shape index (κ3) is 2.87. The van der Waals surface area contributed by atoms with Crippen LogP contribution in [0.1, 0.15) is 37.8 Å². The van der Waals surface area contributed by atoms with E-state index >= 15 is 0 Å². The van der Waals surface area contributed by atoms with Gasteiger partial charge in [-0.1, -0.05) is 71.5 Å². The van der Waals surface area contributed by atoms with Crippen molar-refractivity contribution in [1.82, 2.24) is 10.2 Å². The summed E-state index contributed by atoms with van der Waals surface area (Å²) in [5.41, 5.74) is 1.05. The molecule has 0 N–H and O–H groups in total. The highest BCUT2D eigenvalue weighted by molar-refractivity contribution is 7.15. The van der Waals surface area contributed by atoms with Gasteiger partial charge in [-0.3, -0.25) is 19.3 Å². The van der Waals surface area contributed by atoms with Gasteiger partial charge in [0.05, 0.1) is 23.2 Å². The Morgan fingerprint density at radius 3 is 2.45 bits per heavy atom. The number of hydrogen-bond acceptors (Lipinski definition) is 7. The lowest BCUT2D eigenvalue weighted by Gasteiger charge is -2.32. The number of amides is 2. The maximum absolute atomic E-state index is 14.8. The number of aromatic nitrogens is 2. The van der Waals surface area contributed by atoms with Crippen molar-refractivity contribution in [2.45, 2.75) is 25.9 Å². The van der Waals surface area contributed by atoms with Crippen LogP contribution in [0, 0.1) is 13.8 Å². The van der Waals surface area contributed by atoms with Gasteiger partial charge in [-0.2, -0.15) is 0 Å². The quantitative estimate of drug-likeness (QED) is 0.342. The predicted molar refractivity (Wildman–Crippen MR) is 144 cm³/mol. The van der Waals surface area contributed by atoms with E-state index < -0.39 is 22.8 Å². The second-order valence-corrected chi connectivity index (χ2v) is 10.6. The molecule has 1 spiro atoms. The van der Waals surface area contributed by atoms with Gasteiger partial charge in [0.25, 0.3) is 11.8 Å². The van der Waals surface area contributed by atoms with Gasteiger partial charge >= 0.3 is 0 Å². The fraction of sp³-hybridized carbons (Fsp3) is 0.138. The molecule has 8 nitrogen and oxygen atoms in total. The van der Waals surface area contributed by atoms with Crippen LogP contribution in [-0.2, 0) is 16.9 Å². The first-order chi connectivity index (χ1) is 18.4. The van der Waals surface area contributed by atoms with Crippen LogP contribution in [-0.4, -0.2) is 22.0 Å². The van der Waals surface area contributed by atoms with Crippen LogP contribution >= 0.6 is 11.3 Å². The van der Waals surface area contributed by atoms with Gasteiger partial charge < -0.3 is 9.32 Å². The van der Waals surface area contributed by atoms with E-state index in [0.29, 0.717) is 21.6 Å². The van der Waals surface area contributed by atoms with Crippen molar-refractivity contribution in [3.8, 4) is 0 Å². The van der Waals surface area contributed by atoms with Crippen LogP contribution in [0.25, 0.3) is 11.0 Å². The minimum Gasteiger partial charge on any atom is -0.450 e. The maximum atomic E-state index is 14.8. The number of anilines is 2. The second-order valence-electron chi connectivity index (χ2n) is 9.48. The zero-order valence-corrected chi connectivity index (χ0v) is 21.3. The summed E-state index contributed by atoms with van der Waals surface area (Å²) in [6, 6.07) is 22.1. The molecule has 0 bridgehead atoms. The molecule has 1 unspecified atom stereocenters. The zero-order chi connectivity index (χ0) is 26.2. The molecular formula is C29H20N4O4S. The molecule has 0 radical (unpaired) electrons. The molecule has 2 aliphatic rings. The Labute approximate surface area is 220 Å². The molecule has 4 heterocycles. The van der Waals surface area contributed by atoms with Gasteiger partial charge in [0, 0.05) is 5.56 Å². The van der Waals surface area contributed by atoms with Crippen LogP contribution in [0.4, 0.5) is 10.8 Å². The molecule has 186 valence electrons. The smallest absolute Gasteiger partial charge is 0.297 e. The van der Waals surface area contributed by atoms with Gasteiger partial charge in [0.2, 0.25) is 10.9 Å². The van der Waals surface area contributed by atoms with Crippen LogP contribution in [0.15, 0.2) is 82.0 Å². The van der Waals surface area contributed by atoms with Gasteiger partial charge in [0.15, 0.2) is 11.0 Å². The molecule has 0 fully saturated rings. The van der Waals surface area contributed by atoms with Crippen molar-refractivity contribution in [1.29, 1.82) is 0 Å². The van der Waals surface area contributed by atoms with E-state index in [1.807, 2.05) is 55.5 Å². The topological polar surface area (TPSA) is 96.6 Å². The Morgan fingerprint density at radius 2 is 1.68 bits per heavy atom. The highest BCUT2D eigenvalue weighted by Gasteiger charge is 2.66. The lowest BCUT2D eigenvalue weighted by atomic mass is 9.84. The number of carbonyl (C=O) groups is 2. The monoisotopic (exact) mass is 520 g/mol. The van der Waals surface area contributed by atoms with E-state index in [1.165, 1.54) is 16.2 Å². The normalized spacial score (nSPS) is 18.1. The number of fused-ring (bicyclic) bond motifs is 5. The van der Waals surface area contributed by atoms with Gasteiger partial charge in [-0.25, -0.2) is 0 Å². The summed E-state index contributed by atoms with van der Waals surface area (Å²) in [7, 11) is 0. The zero-order valence-electron chi connectivity index (χ0n) is 20.5. The Hall–Kier alpha value is -4.63. The van der Waals surface area contributed by atoms with Gasteiger partial charge in [-0.15, -0.1) is 10.2 Å². The van der Waals surface area contributed by atoms with Gasteiger partial charge in [0.1, 0.15) is 10.6 Å². The molecule has 2 aliphatic heterocycles. The number of benzene rings is 3. The predicted octanol–water partition coefficient (Wildman–Crippen LogP) is 4.71. The SMILES string of the molecule is Cc1ccc2oc3c(c(=O)c2c1)C1(C(=O)N(Cc2ccccc2)c2ccccc21)N(c1nnc(C)s1)C3=O. The third-order valence-electron chi connectivity index (χ3n) is 7.17. The average molecular weight is 521 g/mol. The van der Waals surface area contributed by atoms with E-state index in [2.05, 4.69) is 10.2 Å². The first kappa shape index (κ1) is 22.6. The van der Waals surface area contributed by atoms with E-state index in [9.17, 15) is 14.4 Å². The maximum Gasteiger partial charge on any atom is 0.297 e. The Bertz CT molecular complexity index is 1860. The number of nitrogens with zero attached hydrogens (tertiary/aromatic N) is 4. The summed E-state index contributed by atoms with van der Waals surface area (Å²) in [4.78, 5) is 46.0. The molecule has 2 aromatic heterocycles. The lowest BCUT2D eigenvalue weighted by molar-refractivity contribution is -0.121. The van der Waals surface area contributed by atoms with E-state index in [-0.39, 0.29) is 28.6 Å². The number of rotatable bonds is 3. The van der Waals surface area contributed by atoms with Crippen molar-refractivity contribution in [3.63, 3.8) is 0 Å². The fourth-order valence-electron chi connectivity index (χ4n) is 5.58. The van der Waals surface area contributed by atoms with E-state index in [0.717, 1.165) is 11.1 Å². The summed E-state index contributed by atoms with van der Waals surface area (Å²) in [5.74, 6) is -1.16. The van der Waals surface area contributed by atoms with Crippen LogP contribution in [0.2, 0.25) is 0 Å². The molecule has 0 saturated carbocycles. The third-order valence-corrected chi connectivity index (χ3v) is 7.99. The molecule has 38 heavy (non-hydrogen) atoms. The summed E-state index contributed by atoms with van der Waals surface area (Å²) in [5, 5.41) is 9.52. The minimum absolute atomic E-state index is 0.0152. The summed E-state index contributed by atoms with van der Waals surface area (Å²) in [6.45, 7) is 3.91. The fourth-order valence-corrected chi connectivity index (χ4v) is 6.31. The van der Waals surface area contributed by atoms with E-state index in [1.54, 1.807) is 36.1 Å². The molecule has 3 aromatic carbocycles. The standard InChI is InChI=1S/C29H20N4O4S/c1-16-12-13-22-19(14-16)24(34)23-25(37-22)26(35)33(28-31-30-17(2)38-28)29(23)20-10-6-7-11-21(20)32(27(29)36)15-18-8-4-3-5-9-18/h3-14H,15H2,1-2H3. The Morgan fingerprint density at radius 1 is 0.921 bits per heavy atom. The van der Waals surface area contributed by atoms with Gasteiger partial charge in [-0.05, 0) is 37.6 Å². The van der Waals surface area contributed by atoms with Crippen molar-refractivity contribution < 1.29 is 14.0 Å².